The van der Waals surface area contributed by atoms with E-state index in [9.17, 15) is 14.7 Å². The molecular weight excluding hydrogens is 486 g/mol. The molecule has 0 radical (unpaired) electrons. The fourth-order valence-electron chi connectivity index (χ4n) is 5.02. The summed E-state index contributed by atoms with van der Waals surface area (Å²) in [6.07, 6.45) is 13.0. The lowest BCUT2D eigenvalue weighted by Gasteiger charge is -2.34. The third-order valence-corrected chi connectivity index (χ3v) is 7.36. The van der Waals surface area contributed by atoms with Crippen molar-refractivity contribution in [1.82, 2.24) is 4.90 Å². The first kappa shape index (κ1) is 32.7. The van der Waals surface area contributed by atoms with Crippen LogP contribution in [-0.4, -0.2) is 40.5 Å². The summed E-state index contributed by atoms with van der Waals surface area (Å²) in [5.41, 5.74) is 2.23. The van der Waals surface area contributed by atoms with Crippen LogP contribution in [0.15, 0.2) is 60.7 Å². The highest BCUT2D eigenvalue weighted by Gasteiger charge is 2.28. The number of ether oxygens (including phenoxy) is 1. The Kier molecular flexibility index (Phi) is 17.1. The highest BCUT2D eigenvalue weighted by molar-refractivity contribution is 5.78. The zero-order chi connectivity index (χ0) is 28.1. The summed E-state index contributed by atoms with van der Waals surface area (Å²) in [7, 11) is 0. The minimum absolute atomic E-state index is 0.0861. The Hall–Kier alpha value is -2.50. The van der Waals surface area contributed by atoms with Gasteiger partial charge in [0.05, 0.1) is 12.1 Å². The minimum Gasteiger partial charge on any atom is -0.464 e. The molecule has 0 aromatic heterocycles. The Balaban J connectivity index is 1.87. The highest BCUT2D eigenvalue weighted by Crippen LogP contribution is 2.20. The first-order valence-corrected chi connectivity index (χ1v) is 15.1. The van der Waals surface area contributed by atoms with Gasteiger partial charge in [0.1, 0.15) is 12.4 Å². The van der Waals surface area contributed by atoms with Gasteiger partial charge in [-0.3, -0.25) is 14.5 Å². The van der Waals surface area contributed by atoms with Crippen molar-refractivity contribution in [1.29, 1.82) is 0 Å². The van der Waals surface area contributed by atoms with Gasteiger partial charge in [0.2, 0.25) is 0 Å². The number of carbonyl (C=O) groups is 2. The number of benzene rings is 2. The molecule has 2 atom stereocenters. The largest absolute Gasteiger partial charge is 0.464 e. The zero-order valence-corrected chi connectivity index (χ0v) is 24.4. The van der Waals surface area contributed by atoms with E-state index < -0.39 is 12.1 Å². The van der Waals surface area contributed by atoms with E-state index in [0.717, 1.165) is 24.0 Å². The third kappa shape index (κ3) is 15.0. The van der Waals surface area contributed by atoms with Gasteiger partial charge in [-0.05, 0) is 24.0 Å². The molecule has 1 N–H and O–H groups in total. The van der Waals surface area contributed by atoms with Crippen molar-refractivity contribution in [3.8, 4) is 0 Å². The number of rotatable bonds is 22. The lowest BCUT2D eigenvalue weighted by Crippen LogP contribution is -2.46. The second kappa shape index (κ2) is 20.4. The van der Waals surface area contributed by atoms with Crippen LogP contribution < -0.4 is 0 Å². The molecule has 216 valence electrons. The van der Waals surface area contributed by atoms with E-state index in [0.29, 0.717) is 32.4 Å². The lowest BCUT2D eigenvalue weighted by atomic mass is 9.99. The van der Waals surface area contributed by atoms with Gasteiger partial charge in [-0.15, -0.1) is 0 Å². The van der Waals surface area contributed by atoms with Gasteiger partial charge in [0.15, 0.2) is 0 Å². The van der Waals surface area contributed by atoms with Crippen molar-refractivity contribution in [3.05, 3.63) is 71.8 Å². The summed E-state index contributed by atoms with van der Waals surface area (Å²) < 4.78 is 5.40. The van der Waals surface area contributed by atoms with E-state index in [1.807, 2.05) is 36.4 Å². The van der Waals surface area contributed by atoms with E-state index in [4.69, 9.17) is 4.74 Å². The molecule has 0 spiro atoms. The molecule has 0 bridgehead atoms. The van der Waals surface area contributed by atoms with Gasteiger partial charge in [-0.1, -0.05) is 125 Å². The van der Waals surface area contributed by atoms with E-state index in [1.165, 1.54) is 58.3 Å². The van der Waals surface area contributed by atoms with E-state index >= 15 is 0 Å². The number of aliphatic hydroxyl groups is 1. The van der Waals surface area contributed by atoms with Crippen molar-refractivity contribution in [3.63, 3.8) is 0 Å². The van der Waals surface area contributed by atoms with Gasteiger partial charge < -0.3 is 9.84 Å². The van der Waals surface area contributed by atoms with Crippen LogP contribution in [0.3, 0.4) is 0 Å². The predicted molar refractivity (Wildman–Crippen MR) is 159 cm³/mol. The molecule has 0 unspecified atom stereocenters. The summed E-state index contributed by atoms with van der Waals surface area (Å²) in [5, 5.41) is 11.3. The number of hydrogen-bond donors (Lipinski definition) is 1. The van der Waals surface area contributed by atoms with Crippen LogP contribution in [0, 0.1) is 0 Å². The van der Waals surface area contributed by atoms with Gasteiger partial charge in [-0.25, -0.2) is 0 Å². The quantitative estimate of drug-likeness (QED) is 0.123. The third-order valence-electron chi connectivity index (χ3n) is 7.36. The molecular formula is C34H51NO4. The number of Topliss-reactive ketones (excluding diaryl/α,β-unsaturated/α-hetero) is 1. The number of carbonyl (C=O) groups excluding carboxylic acids is 2. The van der Waals surface area contributed by atoms with E-state index in [-0.39, 0.29) is 18.4 Å². The molecule has 0 aliphatic rings. The van der Waals surface area contributed by atoms with Crippen LogP contribution in [-0.2, 0) is 27.4 Å². The standard InChI is InChI=1S/C34H51NO4/c1-3-4-5-6-7-8-9-10-11-18-23-32(37)24-25-34(38)33(28-39-29(2)36)35(26-30-19-14-12-15-20-30)27-31-21-16-13-17-22-31/h12-17,19-22,33-34,38H,3-11,18,23-28H2,1-2H3/t33-,34+/m0/s1. The van der Waals surface area contributed by atoms with Crippen LogP contribution >= 0.6 is 0 Å². The van der Waals surface area contributed by atoms with E-state index in [1.54, 1.807) is 0 Å². The molecule has 0 saturated heterocycles. The Morgan fingerprint density at radius 3 is 1.72 bits per heavy atom. The smallest absolute Gasteiger partial charge is 0.302 e. The average molecular weight is 538 g/mol. The number of ketones is 1. The van der Waals surface area contributed by atoms with Gasteiger partial charge in [0, 0.05) is 32.9 Å². The number of unbranched alkanes of at least 4 members (excludes halogenated alkanes) is 9. The molecule has 0 saturated carbocycles. The first-order valence-electron chi connectivity index (χ1n) is 15.1. The van der Waals surface area contributed by atoms with Crippen molar-refractivity contribution >= 4 is 11.8 Å². The van der Waals surface area contributed by atoms with Crippen LogP contribution in [0.25, 0.3) is 0 Å². The summed E-state index contributed by atoms with van der Waals surface area (Å²) >= 11 is 0. The van der Waals surface area contributed by atoms with Gasteiger partial charge in [-0.2, -0.15) is 0 Å². The van der Waals surface area contributed by atoms with Crippen molar-refractivity contribution in [2.24, 2.45) is 0 Å². The Morgan fingerprint density at radius 2 is 1.23 bits per heavy atom. The second-order valence-electron chi connectivity index (χ2n) is 10.8. The maximum atomic E-state index is 12.6. The molecule has 5 heteroatoms. The van der Waals surface area contributed by atoms with Crippen LogP contribution in [0.1, 0.15) is 108 Å². The minimum atomic E-state index is -0.784. The SMILES string of the molecule is CCCCCCCCCCCCC(=O)CC[C@@H](O)[C@H](COC(C)=O)N(Cc1ccccc1)Cc1ccccc1. The summed E-state index contributed by atoms with van der Waals surface area (Å²) in [6, 6.07) is 19.8. The van der Waals surface area contributed by atoms with Gasteiger partial charge in [0.25, 0.3) is 0 Å². The van der Waals surface area contributed by atoms with Crippen molar-refractivity contribution in [2.45, 2.75) is 123 Å². The number of esters is 1. The molecule has 2 aromatic carbocycles. The summed E-state index contributed by atoms with van der Waals surface area (Å²) in [6.45, 7) is 4.92. The summed E-state index contributed by atoms with van der Waals surface area (Å²) in [4.78, 5) is 26.4. The number of aliphatic hydroxyl groups excluding tert-OH is 1. The Labute approximate surface area is 237 Å². The Morgan fingerprint density at radius 1 is 0.744 bits per heavy atom. The summed E-state index contributed by atoms with van der Waals surface area (Å²) in [5.74, 6) is -0.166. The molecule has 0 fully saturated rings. The van der Waals surface area contributed by atoms with Crippen LogP contribution in [0.5, 0.6) is 0 Å². The van der Waals surface area contributed by atoms with Crippen molar-refractivity contribution in [2.75, 3.05) is 6.61 Å². The van der Waals surface area contributed by atoms with Gasteiger partial charge >= 0.3 is 5.97 Å². The lowest BCUT2D eigenvalue weighted by molar-refractivity contribution is -0.145. The fourth-order valence-corrected chi connectivity index (χ4v) is 5.02. The Bertz CT molecular complexity index is 860. The highest BCUT2D eigenvalue weighted by atomic mass is 16.5. The first-order chi connectivity index (χ1) is 19.0. The number of hydrogen-bond acceptors (Lipinski definition) is 5. The molecule has 0 heterocycles. The molecule has 2 rings (SSSR count). The van der Waals surface area contributed by atoms with Crippen LogP contribution in [0.4, 0.5) is 0 Å². The zero-order valence-electron chi connectivity index (χ0n) is 24.4. The topological polar surface area (TPSA) is 66.8 Å². The maximum Gasteiger partial charge on any atom is 0.302 e. The molecule has 0 aliphatic carbocycles. The molecule has 2 aromatic rings. The number of nitrogens with zero attached hydrogens (tertiary/aromatic N) is 1. The molecule has 39 heavy (non-hydrogen) atoms. The molecule has 0 amide bonds. The van der Waals surface area contributed by atoms with Crippen molar-refractivity contribution < 1.29 is 19.4 Å². The monoisotopic (exact) mass is 537 g/mol. The average Bonchev–Trinajstić information content (AvgIpc) is 2.94. The second-order valence-corrected chi connectivity index (χ2v) is 10.8. The van der Waals surface area contributed by atoms with Crippen LogP contribution in [0.2, 0.25) is 0 Å². The fraction of sp³-hybridized carbons (Fsp3) is 0.588. The molecule has 0 aliphatic heterocycles. The maximum absolute atomic E-state index is 12.6. The predicted octanol–water partition coefficient (Wildman–Crippen LogP) is 7.64. The normalized spacial score (nSPS) is 12.8. The molecule has 5 nitrogen and oxygen atoms in total. The van der Waals surface area contributed by atoms with E-state index in [2.05, 4.69) is 36.1 Å².